The number of likely N-dealkylation sites (tertiary alicyclic amines) is 1. The van der Waals surface area contributed by atoms with Crippen molar-refractivity contribution in [3.63, 3.8) is 0 Å². The van der Waals surface area contributed by atoms with Crippen molar-refractivity contribution in [1.29, 1.82) is 0 Å². The number of hydrogen-bond donors (Lipinski definition) is 1. The zero-order valence-electron chi connectivity index (χ0n) is 15.4. The number of piperidine rings is 1. The molecule has 0 saturated carbocycles. The maximum Gasteiger partial charge on any atom is 0.166 e. The number of hydrogen-bond acceptors (Lipinski definition) is 4. The van der Waals surface area contributed by atoms with Gasteiger partial charge in [0, 0.05) is 29.0 Å². The Morgan fingerprint density at radius 3 is 2.84 bits per heavy atom. The molecule has 5 rings (SSSR count). The molecule has 1 saturated heterocycles. The first-order valence-corrected chi connectivity index (χ1v) is 9.76. The van der Waals surface area contributed by atoms with Crippen molar-refractivity contribution in [1.82, 2.24) is 9.80 Å². The van der Waals surface area contributed by atoms with Gasteiger partial charge in [-0.05, 0) is 57.2 Å². The third kappa shape index (κ3) is 1.79. The van der Waals surface area contributed by atoms with Crippen LogP contribution in [0.3, 0.4) is 0 Å². The number of phenolic OH excluding ortho intramolecular Hbond substituents is 1. The predicted molar refractivity (Wildman–Crippen MR) is 98.3 cm³/mol. The molecule has 4 nitrogen and oxygen atoms in total. The molecule has 1 fully saturated rings. The van der Waals surface area contributed by atoms with Crippen LogP contribution in [0.1, 0.15) is 31.4 Å². The van der Waals surface area contributed by atoms with Gasteiger partial charge in [0.05, 0.1) is 0 Å². The Kier molecular flexibility index (Phi) is 3.29. The van der Waals surface area contributed by atoms with Crippen LogP contribution in [0, 0.1) is 5.92 Å². The molecule has 2 aliphatic heterocycles. The topological polar surface area (TPSA) is 35.9 Å². The smallest absolute Gasteiger partial charge is 0.166 e. The van der Waals surface area contributed by atoms with Gasteiger partial charge in [-0.2, -0.15) is 0 Å². The van der Waals surface area contributed by atoms with E-state index < -0.39 is 0 Å². The minimum Gasteiger partial charge on any atom is -0.504 e. The lowest BCUT2D eigenvalue weighted by atomic mass is 9.52. The predicted octanol–water partition coefficient (Wildman–Crippen LogP) is 2.55. The lowest BCUT2D eigenvalue weighted by Crippen LogP contribution is -2.68. The molecule has 2 aliphatic carbocycles. The molecule has 2 bridgehead atoms. The Hall–Kier alpha value is -1.52. The first-order chi connectivity index (χ1) is 12.1. The third-order valence-electron chi connectivity index (χ3n) is 7.41. The highest BCUT2D eigenvalue weighted by atomic mass is 16.5. The summed E-state index contributed by atoms with van der Waals surface area (Å²) in [6, 6.07) is 4.95. The fraction of sp³-hybridized carbons (Fsp3) is 0.619. The number of phenols is 1. The summed E-state index contributed by atoms with van der Waals surface area (Å²) < 4.78 is 6.37. The SMILES string of the molecule is CCN(CC)[C@H]1C=C[C@@H]2Oc3c(O)ccc4c3[C@@]23CCN(C)[C@H](C4)[C@H]13. The summed E-state index contributed by atoms with van der Waals surface area (Å²) in [5.41, 5.74) is 2.74. The van der Waals surface area contributed by atoms with Gasteiger partial charge in [-0.3, -0.25) is 4.90 Å². The van der Waals surface area contributed by atoms with E-state index in [-0.39, 0.29) is 11.5 Å². The van der Waals surface area contributed by atoms with Crippen LogP contribution in [0.2, 0.25) is 0 Å². The first kappa shape index (κ1) is 15.7. The summed E-state index contributed by atoms with van der Waals surface area (Å²) in [5, 5.41) is 10.5. The second-order valence-corrected chi connectivity index (χ2v) is 8.15. The van der Waals surface area contributed by atoms with Crippen LogP contribution in [-0.2, 0) is 11.8 Å². The van der Waals surface area contributed by atoms with E-state index in [0.717, 1.165) is 38.2 Å². The number of ether oxygens (including phenoxy) is 1. The molecule has 25 heavy (non-hydrogen) atoms. The fourth-order valence-corrected chi connectivity index (χ4v) is 6.30. The minimum atomic E-state index is 0.0286. The van der Waals surface area contributed by atoms with Crippen molar-refractivity contribution in [3.8, 4) is 11.5 Å². The van der Waals surface area contributed by atoms with Crippen molar-refractivity contribution in [2.45, 2.75) is 50.3 Å². The van der Waals surface area contributed by atoms with E-state index in [1.165, 1.54) is 11.1 Å². The Balaban J connectivity index is 1.75. The van der Waals surface area contributed by atoms with E-state index in [0.29, 0.717) is 23.8 Å². The molecule has 0 aromatic heterocycles. The number of nitrogens with zero attached hydrogens (tertiary/aromatic N) is 2. The fourth-order valence-electron chi connectivity index (χ4n) is 6.30. The van der Waals surface area contributed by atoms with E-state index >= 15 is 0 Å². The summed E-state index contributed by atoms with van der Waals surface area (Å²) in [4.78, 5) is 5.16. The summed E-state index contributed by atoms with van der Waals surface area (Å²) in [6.45, 7) is 7.77. The number of rotatable bonds is 3. The van der Waals surface area contributed by atoms with Crippen molar-refractivity contribution >= 4 is 0 Å². The van der Waals surface area contributed by atoms with Crippen LogP contribution in [0.4, 0.5) is 0 Å². The largest absolute Gasteiger partial charge is 0.504 e. The van der Waals surface area contributed by atoms with Gasteiger partial charge >= 0.3 is 0 Å². The molecule has 4 aliphatic rings. The average Bonchev–Trinajstić information content (AvgIpc) is 2.96. The highest BCUT2D eigenvalue weighted by Gasteiger charge is 2.64. The Morgan fingerprint density at radius 1 is 1.28 bits per heavy atom. The molecule has 5 atom stereocenters. The number of aromatic hydroxyl groups is 1. The van der Waals surface area contributed by atoms with Crippen LogP contribution in [0.15, 0.2) is 24.3 Å². The molecule has 1 aromatic rings. The second kappa shape index (κ2) is 5.24. The maximum absolute atomic E-state index is 10.5. The van der Waals surface area contributed by atoms with Gasteiger partial charge in [0.15, 0.2) is 11.5 Å². The standard InChI is InChI=1S/C21H28N2O2/c1-4-23(5-2)14-7-9-17-21-10-11-22(3)15(19(14)21)12-13-6-8-16(24)20(25-17)18(13)21/h6-9,14-15,17,19,24H,4-5,10-12H2,1-3H3/t14-,15+,17-,19-,21+/m0/s1. The lowest BCUT2D eigenvalue weighted by Gasteiger charge is -2.59. The summed E-state index contributed by atoms with van der Waals surface area (Å²) in [6.07, 6.45) is 6.92. The van der Waals surface area contributed by atoms with Crippen LogP contribution in [0.5, 0.6) is 11.5 Å². The van der Waals surface area contributed by atoms with Crippen LogP contribution >= 0.6 is 0 Å². The quantitative estimate of drug-likeness (QED) is 0.858. The normalized spacial score (nSPS) is 37.9. The van der Waals surface area contributed by atoms with E-state index in [1.807, 2.05) is 6.07 Å². The average molecular weight is 340 g/mol. The summed E-state index contributed by atoms with van der Waals surface area (Å²) in [7, 11) is 2.28. The maximum atomic E-state index is 10.5. The Morgan fingerprint density at radius 2 is 2.08 bits per heavy atom. The summed E-state index contributed by atoms with van der Waals surface area (Å²) in [5.74, 6) is 1.60. The van der Waals surface area contributed by atoms with Gasteiger partial charge in [0.25, 0.3) is 0 Å². The molecule has 0 unspecified atom stereocenters. The van der Waals surface area contributed by atoms with Gasteiger partial charge in [0.1, 0.15) is 6.10 Å². The van der Waals surface area contributed by atoms with E-state index in [1.54, 1.807) is 0 Å². The van der Waals surface area contributed by atoms with Gasteiger partial charge in [-0.1, -0.05) is 26.0 Å². The van der Waals surface area contributed by atoms with Crippen LogP contribution in [0.25, 0.3) is 0 Å². The molecular formula is C21H28N2O2. The van der Waals surface area contributed by atoms with Gasteiger partial charge < -0.3 is 14.7 Å². The molecule has 4 heteroatoms. The Bertz CT molecular complexity index is 742. The molecule has 134 valence electrons. The summed E-state index contributed by atoms with van der Waals surface area (Å²) >= 11 is 0. The van der Waals surface area contributed by atoms with Gasteiger partial charge in [-0.15, -0.1) is 0 Å². The van der Waals surface area contributed by atoms with Crippen molar-refractivity contribution in [3.05, 3.63) is 35.4 Å². The third-order valence-corrected chi connectivity index (χ3v) is 7.41. The molecule has 1 aromatic carbocycles. The number of likely N-dealkylation sites (N-methyl/N-ethyl adjacent to an activating group) is 2. The second-order valence-electron chi connectivity index (χ2n) is 8.15. The lowest BCUT2D eigenvalue weighted by molar-refractivity contribution is -0.0411. The van der Waals surface area contributed by atoms with Gasteiger partial charge in [0.2, 0.25) is 0 Å². The van der Waals surface area contributed by atoms with Crippen LogP contribution < -0.4 is 4.74 Å². The van der Waals surface area contributed by atoms with E-state index in [4.69, 9.17) is 4.74 Å². The molecular weight excluding hydrogens is 312 g/mol. The molecule has 0 amide bonds. The van der Waals surface area contributed by atoms with E-state index in [2.05, 4.69) is 48.9 Å². The monoisotopic (exact) mass is 340 g/mol. The first-order valence-electron chi connectivity index (χ1n) is 9.76. The minimum absolute atomic E-state index is 0.0286. The van der Waals surface area contributed by atoms with Crippen molar-refractivity contribution < 1.29 is 9.84 Å². The number of benzene rings is 1. The Labute approximate surface area is 150 Å². The molecule has 0 radical (unpaired) electrons. The zero-order chi connectivity index (χ0) is 17.3. The molecule has 1 N–H and O–H groups in total. The van der Waals surface area contributed by atoms with Crippen molar-refractivity contribution in [2.75, 3.05) is 26.7 Å². The van der Waals surface area contributed by atoms with Gasteiger partial charge in [-0.25, -0.2) is 0 Å². The van der Waals surface area contributed by atoms with Crippen molar-refractivity contribution in [2.24, 2.45) is 5.92 Å². The molecule has 2 heterocycles. The zero-order valence-corrected chi connectivity index (χ0v) is 15.4. The van der Waals surface area contributed by atoms with Crippen LogP contribution in [-0.4, -0.2) is 59.8 Å². The van der Waals surface area contributed by atoms with E-state index in [9.17, 15) is 5.11 Å². The highest BCUT2D eigenvalue weighted by molar-refractivity contribution is 5.61. The highest BCUT2D eigenvalue weighted by Crippen LogP contribution is 2.62. The molecule has 1 spiro atoms.